The van der Waals surface area contributed by atoms with Crippen molar-refractivity contribution in [2.45, 2.75) is 39.7 Å². The Morgan fingerprint density at radius 2 is 1.96 bits per heavy atom. The number of carbonyl (C=O) groups is 1. The first-order valence-electron chi connectivity index (χ1n) is 8.88. The number of aryl methyl sites for hydroxylation is 3. The van der Waals surface area contributed by atoms with E-state index in [1.807, 2.05) is 30.0 Å². The minimum absolute atomic E-state index is 0.0710. The van der Waals surface area contributed by atoms with Gasteiger partial charge < -0.3 is 9.88 Å². The number of pyridine rings is 1. The van der Waals surface area contributed by atoms with E-state index in [0.717, 1.165) is 41.9 Å². The van der Waals surface area contributed by atoms with Crippen LogP contribution in [0.4, 0.5) is 0 Å². The molecule has 1 amide bonds. The number of nitrogens with zero attached hydrogens (tertiary/aromatic N) is 2. The van der Waals surface area contributed by atoms with E-state index in [2.05, 4.69) is 35.9 Å². The maximum absolute atomic E-state index is 13.3. The number of likely N-dealkylation sites (tertiary alicyclic amines) is 1. The number of benzene rings is 1. The fourth-order valence-corrected chi connectivity index (χ4v) is 4.05. The summed E-state index contributed by atoms with van der Waals surface area (Å²) in [6.45, 7) is 7.01. The number of hydrogen-bond donors (Lipinski definition) is 1. The molecule has 4 nitrogen and oxygen atoms in total. The summed E-state index contributed by atoms with van der Waals surface area (Å²) in [5, 5.41) is 1.18. The van der Waals surface area contributed by atoms with Crippen molar-refractivity contribution in [1.29, 1.82) is 0 Å². The Labute approximate surface area is 147 Å². The van der Waals surface area contributed by atoms with Crippen molar-refractivity contribution in [3.63, 3.8) is 0 Å². The second-order valence-corrected chi connectivity index (χ2v) is 6.99. The van der Waals surface area contributed by atoms with Gasteiger partial charge in [0.15, 0.2) is 0 Å². The Balaban J connectivity index is 1.76. The molecule has 1 N–H and O–H groups in total. The lowest BCUT2D eigenvalue weighted by atomic mass is 10.0. The lowest BCUT2D eigenvalue weighted by Crippen LogP contribution is -2.31. The van der Waals surface area contributed by atoms with Crippen LogP contribution in [-0.4, -0.2) is 27.3 Å². The molecule has 0 unspecified atom stereocenters. The number of aromatic amines is 1. The van der Waals surface area contributed by atoms with Crippen LogP contribution in [0.5, 0.6) is 0 Å². The molecule has 1 fully saturated rings. The molecule has 0 radical (unpaired) electrons. The predicted molar refractivity (Wildman–Crippen MR) is 99.8 cm³/mol. The van der Waals surface area contributed by atoms with Crippen molar-refractivity contribution >= 4 is 16.8 Å². The highest BCUT2D eigenvalue weighted by Crippen LogP contribution is 2.34. The topological polar surface area (TPSA) is 49.0 Å². The first-order chi connectivity index (χ1) is 12.1. The molecule has 4 rings (SSSR count). The summed E-state index contributed by atoms with van der Waals surface area (Å²) in [5.74, 6) is 0.0839. The summed E-state index contributed by atoms with van der Waals surface area (Å²) < 4.78 is 0. The second kappa shape index (κ2) is 6.03. The highest BCUT2D eigenvalue weighted by Gasteiger charge is 2.33. The molecule has 1 aromatic carbocycles. The fraction of sp³-hybridized carbons (Fsp3) is 0.333. The summed E-state index contributed by atoms with van der Waals surface area (Å²) in [6, 6.07) is 10.2. The van der Waals surface area contributed by atoms with E-state index in [1.165, 1.54) is 16.5 Å². The number of amides is 1. The number of rotatable bonds is 2. The monoisotopic (exact) mass is 333 g/mol. The average Bonchev–Trinajstić information content (AvgIpc) is 3.24. The fourth-order valence-electron chi connectivity index (χ4n) is 4.05. The maximum atomic E-state index is 13.3. The van der Waals surface area contributed by atoms with Gasteiger partial charge >= 0.3 is 0 Å². The van der Waals surface area contributed by atoms with E-state index in [4.69, 9.17) is 0 Å². The zero-order valence-electron chi connectivity index (χ0n) is 15.0. The predicted octanol–water partition coefficient (Wildman–Crippen LogP) is 4.47. The number of aromatic nitrogens is 2. The second-order valence-electron chi connectivity index (χ2n) is 6.99. The third kappa shape index (κ3) is 2.53. The molecule has 128 valence electrons. The Morgan fingerprint density at radius 1 is 1.16 bits per heavy atom. The maximum Gasteiger partial charge on any atom is 0.271 e. The van der Waals surface area contributed by atoms with Crippen molar-refractivity contribution < 1.29 is 4.79 Å². The zero-order chi connectivity index (χ0) is 17.6. The van der Waals surface area contributed by atoms with Crippen molar-refractivity contribution in [3.05, 3.63) is 64.6 Å². The van der Waals surface area contributed by atoms with Gasteiger partial charge in [0.2, 0.25) is 0 Å². The average molecular weight is 333 g/mol. The Bertz CT molecular complexity index is 943. The highest BCUT2D eigenvalue weighted by molar-refractivity contribution is 6.02. The molecule has 1 aliphatic rings. The molecular formula is C21H23N3O. The van der Waals surface area contributed by atoms with E-state index in [0.29, 0.717) is 0 Å². The normalized spacial score (nSPS) is 17.4. The van der Waals surface area contributed by atoms with Gasteiger partial charge in [0.05, 0.1) is 11.7 Å². The number of H-pyrrole nitrogens is 1. The van der Waals surface area contributed by atoms with Crippen molar-refractivity contribution in [2.24, 2.45) is 0 Å². The summed E-state index contributed by atoms with van der Waals surface area (Å²) in [7, 11) is 0. The summed E-state index contributed by atoms with van der Waals surface area (Å²) in [4.78, 5) is 23.2. The van der Waals surface area contributed by atoms with E-state index in [-0.39, 0.29) is 11.9 Å². The first kappa shape index (κ1) is 15.9. The van der Waals surface area contributed by atoms with Gasteiger partial charge in [0.25, 0.3) is 5.91 Å². The van der Waals surface area contributed by atoms with Crippen molar-refractivity contribution in [2.75, 3.05) is 6.54 Å². The van der Waals surface area contributed by atoms with Gasteiger partial charge in [0, 0.05) is 23.6 Å². The molecule has 1 saturated heterocycles. The van der Waals surface area contributed by atoms with Crippen LogP contribution in [-0.2, 0) is 0 Å². The standard InChI is InChI=1S/C21H23N3O/c1-13-9-10-14(2)19-18(13)15(3)20(23-19)21(25)24-12-6-8-17(24)16-7-4-5-11-22-16/h4-5,7,9-11,17,23H,6,8,12H2,1-3H3/t17-/m1/s1. The molecule has 25 heavy (non-hydrogen) atoms. The van der Waals surface area contributed by atoms with Crippen LogP contribution < -0.4 is 0 Å². The van der Waals surface area contributed by atoms with Gasteiger partial charge in [0.1, 0.15) is 5.69 Å². The number of carbonyl (C=O) groups excluding carboxylic acids is 1. The van der Waals surface area contributed by atoms with Crippen LogP contribution >= 0.6 is 0 Å². The molecule has 4 heteroatoms. The third-order valence-corrected chi connectivity index (χ3v) is 5.38. The molecule has 0 bridgehead atoms. The molecule has 3 heterocycles. The highest BCUT2D eigenvalue weighted by atomic mass is 16.2. The molecule has 3 aromatic rings. The van der Waals surface area contributed by atoms with Crippen LogP contribution in [0.25, 0.3) is 10.9 Å². The number of hydrogen-bond acceptors (Lipinski definition) is 2. The van der Waals surface area contributed by atoms with Gasteiger partial charge in [-0.2, -0.15) is 0 Å². The van der Waals surface area contributed by atoms with Gasteiger partial charge in [-0.25, -0.2) is 0 Å². The van der Waals surface area contributed by atoms with Gasteiger partial charge in [-0.3, -0.25) is 9.78 Å². The van der Waals surface area contributed by atoms with Crippen LogP contribution in [0.2, 0.25) is 0 Å². The Kier molecular flexibility index (Phi) is 3.83. The summed E-state index contributed by atoms with van der Waals surface area (Å²) >= 11 is 0. The lowest BCUT2D eigenvalue weighted by Gasteiger charge is -2.24. The summed E-state index contributed by atoms with van der Waals surface area (Å²) in [5.41, 5.74) is 6.20. The molecule has 1 aliphatic heterocycles. The van der Waals surface area contributed by atoms with Gasteiger partial charge in [-0.1, -0.05) is 18.2 Å². The number of fused-ring (bicyclic) bond motifs is 1. The van der Waals surface area contributed by atoms with E-state index in [1.54, 1.807) is 6.20 Å². The van der Waals surface area contributed by atoms with E-state index >= 15 is 0 Å². The van der Waals surface area contributed by atoms with E-state index < -0.39 is 0 Å². The van der Waals surface area contributed by atoms with Crippen molar-refractivity contribution in [1.82, 2.24) is 14.9 Å². The Hall–Kier alpha value is -2.62. The van der Waals surface area contributed by atoms with Gasteiger partial charge in [-0.05, 0) is 62.4 Å². The first-order valence-corrected chi connectivity index (χ1v) is 8.88. The molecular weight excluding hydrogens is 310 g/mol. The zero-order valence-corrected chi connectivity index (χ0v) is 15.0. The van der Waals surface area contributed by atoms with Crippen LogP contribution in [0, 0.1) is 20.8 Å². The quantitative estimate of drug-likeness (QED) is 0.752. The van der Waals surface area contributed by atoms with E-state index in [9.17, 15) is 4.79 Å². The minimum Gasteiger partial charge on any atom is -0.350 e. The SMILES string of the molecule is Cc1ccc(C)c2c(C)c(C(=O)N3CCC[C@@H]3c3ccccn3)[nH]c12. The minimum atomic E-state index is 0.0710. The number of nitrogens with one attached hydrogen (secondary N) is 1. The molecule has 0 spiro atoms. The largest absolute Gasteiger partial charge is 0.350 e. The van der Waals surface area contributed by atoms with Crippen molar-refractivity contribution in [3.8, 4) is 0 Å². The lowest BCUT2D eigenvalue weighted by molar-refractivity contribution is 0.0727. The Morgan fingerprint density at radius 3 is 2.68 bits per heavy atom. The van der Waals surface area contributed by atoms with Crippen LogP contribution in [0.1, 0.15) is 51.8 Å². The van der Waals surface area contributed by atoms with Crippen LogP contribution in [0.3, 0.4) is 0 Å². The molecule has 0 saturated carbocycles. The van der Waals surface area contributed by atoms with Crippen LogP contribution in [0.15, 0.2) is 36.5 Å². The molecule has 2 aromatic heterocycles. The smallest absolute Gasteiger partial charge is 0.271 e. The van der Waals surface area contributed by atoms with Gasteiger partial charge in [-0.15, -0.1) is 0 Å². The molecule has 1 atom stereocenters. The molecule has 0 aliphatic carbocycles. The third-order valence-electron chi connectivity index (χ3n) is 5.38. The summed E-state index contributed by atoms with van der Waals surface area (Å²) in [6.07, 6.45) is 3.79.